The molecule has 1 aliphatic heterocycles. The van der Waals surface area contributed by atoms with E-state index in [2.05, 4.69) is 10.8 Å². The third-order valence-corrected chi connectivity index (χ3v) is 8.32. The van der Waals surface area contributed by atoms with Gasteiger partial charge in [0.2, 0.25) is 15.8 Å². The highest BCUT2D eigenvalue weighted by molar-refractivity contribution is 7.93. The van der Waals surface area contributed by atoms with E-state index in [1.54, 1.807) is 19.1 Å². The number of hydroxylamine groups is 1. The second-order valence-electron chi connectivity index (χ2n) is 7.48. The number of sulfone groups is 1. The predicted octanol–water partition coefficient (Wildman–Crippen LogP) is 1.09. The van der Waals surface area contributed by atoms with Crippen molar-refractivity contribution in [2.45, 2.75) is 28.6 Å². The molecule has 1 heterocycles. The zero-order valence-corrected chi connectivity index (χ0v) is 21.9. The van der Waals surface area contributed by atoms with E-state index in [4.69, 9.17) is 29.6 Å². The predicted molar refractivity (Wildman–Crippen MR) is 134 cm³/mol. The highest BCUT2D eigenvalue weighted by Gasteiger charge is 2.35. The first-order valence-electron chi connectivity index (χ1n) is 10.7. The number of hydrogen-bond acceptors (Lipinski definition) is 10. The molecule has 3 rings (SSSR count). The molecule has 1 fully saturated rings. The fourth-order valence-corrected chi connectivity index (χ4v) is 6.45. The molecule has 12 nitrogen and oxygen atoms in total. The maximum atomic E-state index is 13.2. The van der Waals surface area contributed by atoms with Crippen LogP contribution < -0.4 is 25.5 Å². The molecule has 1 unspecified atom stereocenters. The van der Waals surface area contributed by atoms with Gasteiger partial charge in [0, 0.05) is 25.1 Å². The summed E-state index contributed by atoms with van der Waals surface area (Å²) in [7, 11) is -8.63. The minimum absolute atomic E-state index is 0. The second-order valence-corrected chi connectivity index (χ2v) is 11.0. The minimum atomic E-state index is -4.52. The summed E-state index contributed by atoms with van der Waals surface area (Å²) in [6.45, 7) is 2.85. The van der Waals surface area contributed by atoms with Crippen molar-refractivity contribution in [3.05, 3.63) is 48.0 Å². The zero-order valence-electron chi connectivity index (χ0n) is 19.4. The molecule has 1 aliphatic rings. The van der Waals surface area contributed by atoms with Crippen LogP contribution in [0.1, 0.15) is 12.0 Å². The fraction of sp³-hybridized carbons (Fsp3) is 0.381. The Morgan fingerprint density at radius 2 is 1.81 bits per heavy atom. The Hall–Kier alpha value is -2.62. The van der Waals surface area contributed by atoms with Gasteiger partial charge in [-0.3, -0.25) is 10.2 Å². The Kier molecular flexibility index (Phi) is 10.8. The Morgan fingerprint density at radius 3 is 2.47 bits per heavy atom. The van der Waals surface area contributed by atoms with Crippen LogP contribution in [0, 0.1) is 12.3 Å². The lowest BCUT2D eigenvalue weighted by molar-refractivity contribution is 0.0732. The van der Waals surface area contributed by atoms with Gasteiger partial charge in [0.15, 0.2) is 5.44 Å². The molecule has 15 heteroatoms. The molecule has 0 amide bonds. The maximum absolute atomic E-state index is 13.2. The molecule has 0 bridgehead atoms. The van der Waals surface area contributed by atoms with E-state index < -0.39 is 35.2 Å². The van der Waals surface area contributed by atoms with Crippen molar-refractivity contribution in [3.63, 3.8) is 0 Å². The average molecular weight is 565 g/mol. The lowest BCUT2D eigenvalue weighted by atomic mass is 10.2. The number of rotatable bonds is 11. The first-order valence-corrected chi connectivity index (χ1v) is 13.6. The Balaban J connectivity index is 0.00000456. The monoisotopic (exact) mass is 564 g/mol. The van der Waals surface area contributed by atoms with Gasteiger partial charge in [-0.25, -0.2) is 13.9 Å². The minimum Gasteiger partial charge on any atom is -0.493 e. The van der Waals surface area contributed by atoms with Crippen molar-refractivity contribution in [2.24, 2.45) is 5.73 Å². The van der Waals surface area contributed by atoms with Crippen LogP contribution in [0.2, 0.25) is 0 Å². The van der Waals surface area contributed by atoms with Gasteiger partial charge in [-0.05, 0) is 31.2 Å². The maximum Gasteiger partial charge on any atom is 0.340 e. The highest BCUT2D eigenvalue weighted by atomic mass is 35.5. The Bertz CT molecular complexity index is 1250. The Morgan fingerprint density at radius 1 is 1.11 bits per heavy atom. The molecule has 0 saturated carbocycles. The van der Waals surface area contributed by atoms with Crippen molar-refractivity contribution in [1.29, 1.82) is 5.41 Å². The van der Waals surface area contributed by atoms with Gasteiger partial charge in [-0.1, -0.05) is 18.2 Å². The smallest absolute Gasteiger partial charge is 0.340 e. The first kappa shape index (κ1) is 29.6. The van der Waals surface area contributed by atoms with Crippen molar-refractivity contribution < 1.29 is 35.3 Å². The number of morpholine rings is 1. The number of nitrogens with two attached hydrogens (primary N) is 1. The number of halogens is 1. The lowest BCUT2D eigenvalue weighted by Crippen LogP contribution is -2.43. The highest BCUT2D eigenvalue weighted by Crippen LogP contribution is 2.32. The Labute approximate surface area is 216 Å². The summed E-state index contributed by atoms with van der Waals surface area (Å²) in [4.78, 5) is 4.07. The number of ether oxygens (including phenoxy) is 2. The number of hydrogen-bond donors (Lipinski definition) is 4. The van der Waals surface area contributed by atoms with Gasteiger partial charge in [0.1, 0.15) is 16.4 Å². The first-order chi connectivity index (χ1) is 16.6. The molecule has 0 radical (unpaired) electrons. The second kappa shape index (κ2) is 13.1. The van der Waals surface area contributed by atoms with E-state index in [0.717, 1.165) is 0 Å². The number of benzene rings is 2. The van der Waals surface area contributed by atoms with Crippen LogP contribution in [0.4, 0.5) is 0 Å². The topological polar surface area (TPSA) is 179 Å². The van der Waals surface area contributed by atoms with Crippen molar-refractivity contribution >= 4 is 38.3 Å². The number of guanidine groups is 1. The van der Waals surface area contributed by atoms with Crippen LogP contribution >= 0.6 is 12.4 Å². The van der Waals surface area contributed by atoms with Crippen LogP contribution in [0.5, 0.6) is 11.5 Å². The van der Waals surface area contributed by atoms with Gasteiger partial charge >= 0.3 is 10.1 Å². The summed E-state index contributed by atoms with van der Waals surface area (Å²) in [6.07, 6.45) is 0.465. The quantitative estimate of drug-likeness (QED) is 0.101. The van der Waals surface area contributed by atoms with Crippen LogP contribution in [-0.4, -0.2) is 61.1 Å². The summed E-state index contributed by atoms with van der Waals surface area (Å²) in [6, 6.07) is 9.93. The molecule has 0 aliphatic carbocycles. The van der Waals surface area contributed by atoms with Crippen molar-refractivity contribution in [2.75, 3.05) is 32.9 Å². The molecule has 0 spiro atoms. The van der Waals surface area contributed by atoms with E-state index >= 15 is 0 Å². The van der Waals surface area contributed by atoms with Gasteiger partial charge in [0.25, 0.3) is 0 Å². The van der Waals surface area contributed by atoms with Crippen LogP contribution in [0.15, 0.2) is 52.3 Å². The molecule has 5 N–H and O–H groups in total. The molecular weight excluding hydrogens is 536 g/mol. The third kappa shape index (κ3) is 7.44. The van der Waals surface area contributed by atoms with Crippen LogP contribution in [0.25, 0.3) is 0 Å². The third-order valence-electron chi connectivity index (χ3n) is 4.93. The summed E-state index contributed by atoms with van der Waals surface area (Å²) in [5.74, 6) is 0.0738. The van der Waals surface area contributed by atoms with E-state index in [1.807, 2.05) is 0 Å². The molecule has 1 saturated heterocycles. The molecule has 2 aromatic carbocycles. The molecule has 200 valence electrons. The SMILES string of the molecule is Cc1c(OCCCONC(=N)N)cccc1OS(=O)(=O)c1ccccc1S(=O)(=O)C1CNCCO1.Cl. The molecule has 2 aromatic rings. The normalized spacial score (nSPS) is 16.0. The standard InChI is InChI=1S/C21H28N4O8S2.ClH/c1-15-16(30-11-5-12-32-25-21(22)23)6-4-7-17(15)33-35(28,29)19-9-3-2-8-18(19)34(26,27)20-14-24-10-13-31-20;/h2-4,6-9,20,24H,5,10-14H2,1H3,(H4,22,23,25);1H. The summed E-state index contributed by atoms with van der Waals surface area (Å²) >= 11 is 0. The van der Waals surface area contributed by atoms with Crippen LogP contribution in [0.3, 0.4) is 0 Å². The van der Waals surface area contributed by atoms with Gasteiger partial charge in [0.05, 0.1) is 24.7 Å². The fourth-order valence-electron chi connectivity index (χ4n) is 3.22. The van der Waals surface area contributed by atoms with E-state index in [1.165, 1.54) is 30.3 Å². The van der Waals surface area contributed by atoms with E-state index in [-0.39, 0.29) is 50.5 Å². The van der Waals surface area contributed by atoms with E-state index in [0.29, 0.717) is 24.3 Å². The molecular formula is C21H29ClN4O8S2. The number of nitrogens with one attached hydrogen (secondary N) is 3. The zero-order chi connectivity index (χ0) is 25.5. The largest absolute Gasteiger partial charge is 0.493 e. The van der Waals surface area contributed by atoms with Gasteiger partial charge < -0.3 is 24.7 Å². The van der Waals surface area contributed by atoms with Gasteiger partial charge in [-0.2, -0.15) is 8.42 Å². The van der Waals surface area contributed by atoms with Gasteiger partial charge in [-0.15, -0.1) is 12.4 Å². The lowest BCUT2D eigenvalue weighted by Gasteiger charge is -2.24. The van der Waals surface area contributed by atoms with Crippen molar-refractivity contribution in [3.8, 4) is 11.5 Å². The van der Waals surface area contributed by atoms with Crippen molar-refractivity contribution in [1.82, 2.24) is 10.8 Å². The molecule has 1 atom stereocenters. The summed E-state index contributed by atoms with van der Waals surface area (Å²) in [5.41, 5.74) is 6.52. The summed E-state index contributed by atoms with van der Waals surface area (Å²) in [5, 5.41) is 9.93. The molecule has 36 heavy (non-hydrogen) atoms. The van der Waals surface area contributed by atoms with Crippen LogP contribution in [-0.2, 0) is 29.5 Å². The average Bonchev–Trinajstić information content (AvgIpc) is 2.83. The molecule has 0 aromatic heterocycles. The summed E-state index contributed by atoms with van der Waals surface area (Å²) < 4.78 is 69.0. The van der Waals surface area contributed by atoms with E-state index in [9.17, 15) is 16.8 Å².